The second-order valence-corrected chi connectivity index (χ2v) is 5.44. The zero-order valence-electron chi connectivity index (χ0n) is 11.5. The number of carbonyl (C=O) groups is 1. The Balaban J connectivity index is 1.86. The van der Waals surface area contributed by atoms with E-state index in [0.717, 1.165) is 31.2 Å². The van der Waals surface area contributed by atoms with Crippen LogP contribution < -0.4 is 11.1 Å². The number of phenols is 1. The Morgan fingerprint density at radius 2 is 1.95 bits per heavy atom. The second-order valence-electron chi connectivity index (χ2n) is 5.44. The number of aliphatic hydroxyl groups is 1. The average Bonchev–Trinajstić information content (AvgIpc) is 2.44. The zero-order chi connectivity index (χ0) is 14.5. The summed E-state index contributed by atoms with van der Waals surface area (Å²) in [4.78, 5) is 12.0. The summed E-state index contributed by atoms with van der Waals surface area (Å²) in [6.07, 6.45) is 3.52. The van der Waals surface area contributed by atoms with E-state index in [9.17, 15) is 15.0 Å². The monoisotopic (exact) mass is 278 g/mol. The largest absolute Gasteiger partial charge is 0.508 e. The highest BCUT2D eigenvalue weighted by molar-refractivity contribution is 5.82. The van der Waals surface area contributed by atoms with Crippen LogP contribution >= 0.6 is 0 Å². The molecule has 20 heavy (non-hydrogen) atoms. The molecule has 0 aromatic heterocycles. The molecule has 0 unspecified atom stereocenters. The third-order valence-electron chi connectivity index (χ3n) is 3.79. The Labute approximate surface area is 118 Å². The van der Waals surface area contributed by atoms with Crippen molar-refractivity contribution >= 4 is 5.91 Å². The van der Waals surface area contributed by atoms with Crippen molar-refractivity contribution in [2.45, 2.75) is 50.3 Å². The molecule has 0 aliphatic heterocycles. The van der Waals surface area contributed by atoms with E-state index in [1.54, 1.807) is 24.3 Å². The molecular weight excluding hydrogens is 256 g/mol. The van der Waals surface area contributed by atoms with Gasteiger partial charge in [-0.05, 0) is 37.0 Å². The number of nitrogens with two attached hydrogens (primary N) is 1. The SMILES string of the molecule is N[C@@H](Cc1ccc(O)cc1)C(=O)N[C@H]1CCCC[C@@H]1O. The van der Waals surface area contributed by atoms with E-state index in [1.165, 1.54) is 0 Å². The summed E-state index contributed by atoms with van der Waals surface area (Å²) < 4.78 is 0. The summed E-state index contributed by atoms with van der Waals surface area (Å²) in [6.45, 7) is 0. The van der Waals surface area contributed by atoms with Crippen molar-refractivity contribution in [2.24, 2.45) is 5.73 Å². The molecule has 1 aromatic carbocycles. The topological polar surface area (TPSA) is 95.6 Å². The maximum atomic E-state index is 12.0. The Morgan fingerprint density at radius 3 is 2.60 bits per heavy atom. The lowest BCUT2D eigenvalue weighted by atomic mass is 9.92. The number of benzene rings is 1. The molecular formula is C15H22N2O3. The molecule has 0 radical (unpaired) electrons. The van der Waals surface area contributed by atoms with E-state index in [1.807, 2.05) is 0 Å². The number of carbonyl (C=O) groups excluding carboxylic acids is 1. The van der Waals surface area contributed by atoms with Gasteiger partial charge in [0.2, 0.25) is 5.91 Å². The van der Waals surface area contributed by atoms with Gasteiger partial charge in [-0.3, -0.25) is 4.79 Å². The number of hydrogen-bond acceptors (Lipinski definition) is 4. The van der Waals surface area contributed by atoms with E-state index in [2.05, 4.69) is 5.32 Å². The first kappa shape index (κ1) is 14.8. The Bertz CT molecular complexity index is 447. The van der Waals surface area contributed by atoms with E-state index in [0.29, 0.717) is 6.42 Å². The normalized spacial score (nSPS) is 24.1. The van der Waals surface area contributed by atoms with Gasteiger partial charge >= 0.3 is 0 Å². The minimum Gasteiger partial charge on any atom is -0.508 e. The van der Waals surface area contributed by atoms with Crippen molar-refractivity contribution in [2.75, 3.05) is 0 Å². The Morgan fingerprint density at radius 1 is 1.30 bits per heavy atom. The molecule has 1 aliphatic rings. The highest BCUT2D eigenvalue weighted by atomic mass is 16.3. The van der Waals surface area contributed by atoms with E-state index in [-0.39, 0.29) is 17.7 Å². The summed E-state index contributed by atoms with van der Waals surface area (Å²) in [5, 5.41) is 21.9. The van der Waals surface area contributed by atoms with E-state index >= 15 is 0 Å². The highest BCUT2D eigenvalue weighted by Gasteiger charge is 2.26. The molecule has 5 heteroatoms. The molecule has 5 N–H and O–H groups in total. The highest BCUT2D eigenvalue weighted by Crippen LogP contribution is 2.18. The summed E-state index contributed by atoms with van der Waals surface area (Å²) in [5.41, 5.74) is 6.79. The van der Waals surface area contributed by atoms with Crippen LogP contribution in [-0.4, -0.2) is 34.3 Å². The Hall–Kier alpha value is -1.59. The van der Waals surface area contributed by atoms with Crippen molar-refractivity contribution in [1.82, 2.24) is 5.32 Å². The minimum absolute atomic E-state index is 0.179. The van der Waals surface area contributed by atoms with Crippen LogP contribution in [0.1, 0.15) is 31.2 Å². The van der Waals surface area contributed by atoms with E-state index < -0.39 is 12.1 Å². The minimum atomic E-state index is -0.645. The molecule has 1 amide bonds. The fourth-order valence-corrected chi connectivity index (χ4v) is 2.55. The van der Waals surface area contributed by atoms with Gasteiger partial charge < -0.3 is 21.3 Å². The van der Waals surface area contributed by atoms with Gasteiger partial charge in [-0.25, -0.2) is 0 Å². The van der Waals surface area contributed by atoms with Crippen LogP contribution in [0.25, 0.3) is 0 Å². The van der Waals surface area contributed by atoms with Crippen LogP contribution in [0.15, 0.2) is 24.3 Å². The van der Waals surface area contributed by atoms with Gasteiger partial charge in [0.1, 0.15) is 5.75 Å². The molecule has 1 saturated carbocycles. The maximum absolute atomic E-state index is 12.0. The molecule has 1 fully saturated rings. The number of aromatic hydroxyl groups is 1. The van der Waals surface area contributed by atoms with Gasteiger partial charge in [0, 0.05) is 0 Å². The second kappa shape index (κ2) is 6.72. The first-order valence-electron chi connectivity index (χ1n) is 7.08. The van der Waals surface area contributed by atoms with Crippen molar-refractivity contribution in [3.05, 3.63) is 29.8 Å². The fraction of sp³-hybridized carbons (Fsp3) is 0.533. The predicted octanol–water partition coefficient (Wildman–Crippen LogP) is 0.682. The van der Waals surface area contributed by atoms with Gasteiger partial charge in [0.15, 0.2) is 0 Å². The zero-order valence-corrected chi connectivity index (χ0v) is 11.5. The summed E-state index contributed by atoms with van der Waals surface area (Å²) in [7, 11) is 0. The lowest BCUT2D eigenvalue weighted by Crippen LogP contribution is -2.51. The first-order chi connectivity index (χ1) is 9.56. The number of rotatable bonds is 4. The first-order valence-corrected chi connectivity index (χ1v) is 7.08. The molecule has 0 saturated heterocycles. The van der Waals surface area contributed by atoms with Crippen LogP contribution in [0, 0.1) is 0 Å². The molecule has 0 spiro atoms. The van der Waals surface area contributed by atoms with Gasteiger partial charge in [-0.1, -0.05) is 25.0 Å². The fourth-order valence-electron chi connectivity index (χ4n) is 2.55. The number of nitrogens with one attached hydrogen (secondary N) is 1. The number of phenolic OH excluding ortho intramolecular Hbond substituents is 1. The number of hydrogen-bond donors (Lipinski definition) is 4. The van der Waals surface area contributed by atoms with Gasteiger partial charge in [-0.15, -0.1) is 0 Å². The summed E-state index contributed by atoms with van der Waals surface area (Å²) >= 11 is 0. The quantitative estimate of drug-likeness (QED) is 0.651. The van der Waals surface area contributed by atoms with Crippen LogP contribution in [0.5, 0.6) is 5.75 Å². The van der Waals surface area contributed by atoms with Crippen molar-refractivity contribution in [3.63, 3.8) is 0 Å². The van der Waals surface area contributed by atoms with Crippen molar-refractivity contribution < 1.29 is 15.0 Å². The van der Waals surface area contributed by atoms with Crippen LogP contribution in [0.3, 0.4) is 0 Å². The molecule has 1 aliphatic carbocycles. The molecule has 110 valence electrons. The summed E-state index contributed by atoms with van der Waals surface area (Å²) in [5.74, 6) is -0.0406. The molecule has 1 aromatic rings. The van der Waals surface area contributed by atoms with Crippen LogP contribution in [-0.2, 0) is 11.2 Å². The van der Waals surface area contributed by atoms with Gasteiger partial charge in [0.25, 0.3) is 0 Å². The molecule has 3 atom stereocenters. The molecule has 0 heterocycles. The predicted molar refractivity (Wildman–Crippen MR) is 76.2 cm³/mol. The lowest BCUT2D eigenvalue weighted by Gasteiger charge is -2.29. The third kappa shape index (κ3) is 3.95. The number of aliphatic hydroxyl groups excluding tert-OH is 1. The van der Waals surface area contributed by atoms with E-state index in [4.69, 9.17) is 5.73 Å². The lowest BCUT2D eigenvalue weighted by molar-refractivity contribution is -0.124. The Kier molecular flexibility index (Phi) is 4.98. The third-order valence-corrected chi connectivity index (χ3v) is 3.79. The maximum Gasteiger partial charge on any atom is 0.237 e. The van der Waals surface area contributed by atoms with Gasteiger partial charge in [0.05, 0.1) is 18.2 Å². The molecule has 0 bridgehead atoms. The smallest absolute Gasteiger partial charge is 0.237 e. The number of amides is 1. The molecule has 2 rings (SSSR count). The average molecular weight is 278 g/mol. The molecule has 5 nitrogen and oxygen atoms in total. The van der Waals surface area contributed by atoms with Crippen molar-refractivity contribution in [1.29, 1.82) is 0 Å². The van der Waals surface area contributed by atoms with Crippen molar-refractivity contribution in [3.8, 4) is 5.75 Å². The summed E-state index contributed by atoms with van der Waals surface area (Å²) in [6, 6.07) is 5.82. The van der Waals surface area contributed by atoms with Crippen LogP contribution in [0.2, 0.25) is 0 Å². The van der Waals surface area contributed by atoms with Gasteiger partial charge in [-0.2, -0.15) is 0 Å². The van der Waals surface area contributed by atoms with Crippen LogP contribution in [0.4, 0.5) is 0 Å². The standard InChI is InChI=1S/C15H22N2O3/c16-12(9-10-5-7-11(18)8-6-10)15(20)17-13-3-1-2-4-14(13)19/h5-8,12-14,18-19H,1-4,9,16H2,(H,17,20)/t12-,13-,14-/m0/s1.